The summed E-state index contributed by atoms with van der Waals surface area (Å²) >= 11 is 0. The lowest BCUT2D eigenvalue weighted by Gasteiger charge is -2.32. The normalized spacial score (nSPS) is 22.9. The Bertz CT molecular complexity index is 1030. The quantitative estimate of drug-likeness (QED) is 0.589. The average Bonchev–Trinajstić information content (AvgIpc) is 3.02. The first-order valence-corrected chi connectivity index (χ1v) is 10.0. The molecule has 0 unspecified atom stereocenters. The molecule has 1 aliphatic rings. The molecule has 0 heterocycles. The maximum absolute atomic E-state index is 12.3. The van der Waals surface area contributed by atoms with Gasteiger partial charge in [-0.2, -0.15) is 0 Å². The van der Waals surface area contributed by atoms with Crippen molar-refractivity contribution in [3.8, 4) is 0 Å². The number of benzene rings is 3. The van der Waals surface area contributed by atoms with Crippen LogP contribution >= 0.6 is 0 Å². The van der Waals surface area contributed by atoms with Gasteiger partial charge in [-0.05, 0) is 23.6 Å². The van der Waals surface area contributed by atoms with Gasteiger partial charge in [-0.15, -0.1) is 0 Å². The first-order chi connectivity index (χ1) is 14.2. The smallest absolute Gasteiger partial charge is 0.124 e. The molecule has 4 rings (SSSR count). The Labute approximate surface area is 172 Å². The van der Waals surface area contributed by atoms with Crippen LogP contribution in [0.2, 0.25) is 0 Å². The predicted molar refractivity (Wildman–Crippen MR) is 118 cm³/mol. The molecule has 29 heavy (non-hydrogen) atoms. The molecule has 0 bridgehead atoms. The van der Waals surface area contributed by atoms with Crippen molar-refractivity contribution >= 4 is 16.9 Å². The lowest BCUT2D eigenvalue weighted by molar-refractivity contribution is 0.0722. The molecule has 3 aromatic rings. The van der Waals surface area contributed by atoms with E-state index in [-0.39, 0.29) is 5.92 Å². The van der Waals surface area contributed by atoms with Crippen LogP contribution in [0.1, 0.15) is 30.5 Å². The molecule has 0 spiro atoms. The zero-order valence-electron chi connectivity index (χ0n) is 16.7. The maximum atomic E-state index is 12.3. The van der Waals surface area contributed by atoms with Crippen LogP contribution in [0.15, 0.2) is 96.2 Å². The zero-order chi connectivity index (χ0) is 20.3. The van der Waals surface area contributed by atoms with Crippen molar-refractivity contribution in [2.24, 2.45) is 11.1 Å². The summed E-state index contributed by atoms with van der Waals surface area (Å²) in [6.07, 6.45) is 0. The van der Waals surface area contributed by atoms with Gasteiger partial charge in [-0.1, -0.05) is 103 Å². The van der Waals surface area contributed by atoms with Gasteiger partial charge in [0, 0.05) is 17.1 Å². The monoisotopic (exact) mass is 383 g/mol. The van der Waals surface area contributed by atoms with Gasteiger partial charge in [-0.3, -0.25) is 0 Å². The highest BCUT2D eigenvalue weighted by molar-refractivity contribution is 6.36. The summed E-state index contributed by atoms with van der Waals surface area (Å²) in [7, 11) is 0. The third-order valence-electron chi connectivity index (χ3n) is 5.55. The lowest BCUT2D eigenvalue weighted by Crippen LogP contribution is -2.34. The SMILES string of the molecule is CCO/N=C1/C(c2ccccc2)=C(c2ccccc2)[C@@](O)(c2ccccc2)[C@@H]1C. The lowest BCUT2D eigenvalue weighted by atomic mass is 9.78. The minimum absolute atomic E-state index is 0.276. The minimum Gasteiger partial charge on any atom is -0.396 e. The van der Waals surface area contributed by atoms with E-state index < -0.39 is 5.60 Å². The molecule has 0 aliphatic heterocycles. The fourth-order valence-electron chi connectivity index (χ4n) is 4.16. The Kier molecular flexibility index (Phi) is 5.32. The van der Waals surface area contributed by atoms with Crippen molar-refractivity contribution in [2.45, 2.75) is 19.4 Å². The van der Waals surface area contributed by atoms with Gasteiger partial charge < -0.3 is 9.94 Å². The number of oxime groups is 1. The van der Waals surface area contributed by atoms with Crippen molar-refractivity contribution in [3.05, 3.63) is 108 Å². The zero-order valence-corrected chi connectivity index (χ0v) is 16.7. The first kappa shape index (κ1) is 19.2. The molecule has 146 valence electrons. The number of hydrogen-bond acceptors (Lipinski definition) is 3. The molecule has 2 atom stereocenters. The van der Waals surface area contributed by atoms with Crippen LogP contribution in [0.4, 0.5) is 0 Å². The second-order valence-corrected chi connectivity index (χ2v) is 7.23. The Morgan fingerprint density at radius 1 is 0.828 bits per heavy atom. The highest BCUT2D eigenvalue weighted by atomic mass is 16.6. The van der Waals surface area contributed by atoms with Gasteiger partial charge in [0.05, 0.1) is 5.71 Å². The van der Waals surface area contributed by atoms with Crippen molar-refractivity contribution in [1.82, 2.24) is 0 Å². The topological polar surface area (TPSA) is 41.8 Å². The van der Waals surface area contributed by atoms with Crippen LogP contribution in [0, 0.1) is 5.92 Å². The first-order valence-electron chi connectivity index (χ1n) is 10.0. The molecule has 0 fully saturated rings. The maximum Gasteiger partial charge on any atom is 0.124 e. The third-order valence-corrected chi connectivity index (χ3v) is 5.55. The van der Waals surface area contributed by atoms with Crippen molar-refractivity contribution in [3.63, 3.8) is 0 Å². The van der Waals surface area contributed by atoms with Gasteiger partial charge in [0.25, 0.3) is 0 Å². The Hall–Kier alpha value is -3.17. The van der Waals surface area contributed by atoms with Crippen molar-refractivity contribution in [2.75, 3.05) is 6.61 Å². The van der Waals surface area contributed by atoms with E-state index in [0.29, 0.717) is 6.61 Å². The number of allylic oxidation sites excluding steroid dienone is 1. The van der Waals surface area contributed by atoms with Gasteiger partial charge in [-0.25, -0.2) is 0 Å². The number of hydrogen-bond donors (Lipinski definition) is 1. The van der Waals surface area contributed by atoms with Crippen molar-refractivity contribution in [1.29, 1.82) is 0 Å². The molecular weight excluding hydrogens is 358 g/mol. The highest BCUT2D eigenvalue weighted by Crippen LogP contribution is 2.53. The number of rotatable bonds is 5. The van der Waals surface area contributed by atoms with Gasteiger partial charge >= 0.3 is 0 Å². The second kappa shape index (κ2) is 8.06. The molecular formula is C26H25NO2. The van der Waals surface area contributed by atoms with E-state index in [0.717, 1.165) is 33.5 Å². The molecule has 0 radical (unpaired) electrons. The average molecular weight is 383 g/mol. The van der Waals surface area contributed by atoms with Gasteiger partial charge in [0.1, 0.15) is 12.2 Å². The highest BCUT2D eigenvalue weighted by Gasteiger charge is 2.51. The molecule has 1 aliphatic carbocycles. The van der Waals surface area contributed by atoms with Crippen LogP contribution in [0.5, 0.6) is 0 Å². The van der Waals surface area contributed by atoms with Gasteiger partial charge in [0.15, 0.2) is 0 Å². The summed E-state index contributed by atoms with van der Waals surface area (Å²) in [4.78, 5) is 5.50. The van der Waals surface area contributed by atoms with E-state index in [1.54, 1.807) is 0 Å². The van der Waals surface area contributed by atoms with E-state index in [2.05, 4.69) is 17.3 Å². The molecule has 3 nitrogen and oxygen atoms in total. The Morgan fingerprint density at radius 2 is 1.34 bits per heavy atom. The minimum atomic E-state index is -1.22. The predicted octanol–water partition coefficient (Wildman–Crippen LogP) is 5.53. The van der Waals surface area contributed by atoms with Crippen LogP contribution in [0.3, 0.4) is 0 Å². The summed E-state index contributed by atoms with van der Waals surface area (Å²) in [5.41, 5.74) is 4.19. The van der Waals surface area contributed by atoms with Crippen molar-refractivity contribution < 1.29 is 9.94 Å². The Balaban J connectivity index is 2.07. The molecule has 3 heteroatoms. The standard InChI is InChI=1S/C26H25NO2/c1-3-29-27-25-19(2)26(28,22-17-11-6-12-18-22)24(21-15-9-5-10-16-21)23(25)20-13-7-4-8-14-20/h4-19,28H,3H2,1-2H3/b27-25+/t19-,26+/m1/s1. The molecule has 0 saturated carbocycles. The van der Waals surface area contributed by atoms with E-state index in [9.17, 15) is 5.11 Å². The summed E-state index contributed by atoms with van der Waals surface area (Å²) in [5.74, 6) is -0.276. The van der Waals surface area contributed by atoms with Crippen LogP contribution in [-0.4, -0.2) is 17.4 Å². The number of aliphatic hydroxyl groups is 1. The van der Waals surface area contributed by atoms with E-state index in [1.807, 2.05) is 92.7 Å². The fraction of sp³-hybridized carbons (Fsp3) is 0.192. The fourth-order valence-corrected chi connectivity index (χ4v) is 4.16. The summed E-state index contributed by atoms with van der Waals surface area (Å²) in [5, 5.41) is 16.7. The Morgan fingerprint density at radius 3 is 1.90 bits per heavy atom. The van der Waals surface area contributed by atoms with Crippen LogP contribution < -0.4 is 0 Å². The molecule has 0 aromatic heterocycles. The van der Waals surface area contributed by atoms with E-state index in [4.69, 9.17) is 4.84 Å². The van der Waals surface area contributed by atoms with Crippen LogP contribution in [0.25, 0.3) is 11.1 Å². The summed E-state index contributed by atoms with van der Waals surface area (Å²) in [6, 6.07) is 30.0. The summed E-state index contributed by atoms with van der Waals surface area (Å²) < 4.78 is 0. The van der Waals surface area contributed by atoms with Crippen LogP contribution in [-0.2, 0) is 10.4 Å². The summed E-state index contributed by atoms with van der Waals surface area (Å²) in [6.45, 7) is 4.41. The van der Waals surface area contributed by atoms with E-state index in [1.165, 1.54) is 0 Å². The second-order valence-electron chi connectivity index (χ2n) is 7.23. The molecule has 0 amide bonds. The largest absolute Gasteiger partial charge is 0.396 e. The molecule has 3 aromatic carbocycles. The third kappa shape index (κ3) is 3.28. The van der Waals surface area contributed by atoms with E-state index >= 15 is 0 Å². The van der Waals surface area contributed by atoms with Gasteiger partial charge in [0.2, 0.25) is 0 Å². The number of nitrogens with zero attached hydrogens (tertiary/aromatic N) is 1. The molecule has 1 N–H and O–H groups in total. The molecule has 0 saturated heterocycles.